The molecule has 1 amide bonds. The molecule has 0 aliphatic carbocycles. The number of nitrogens with one attached hydrogen (secondary N) is 1. The Morgan fingerprint density at radius 1 is 1.08 bits per heavy atom. The van der Waals surface area contributed by atoms with Crippen LogP contribution in [0, 0.1) is 20.8 Å². The van der Waals surface area contributed by atoms with Crippen molar-refractivity contribution in [2.45, 2.75) is 20.8 Å². The zero-order valence-electron chi connectivity index (χ0n) is 14.0. The van der Waals surface area contributed by atoms with Crippen molar-refractivity contribution in [3.63, 3.8) is 0 Å². The minimum absolute atomic E-state index is 0. The summed E-state index contributed by atoms with van der Waals surface area (Å²) >= 11 is 12.2. The maximum absolute atomic E-state index is 12.8. The summed E-state index contributed by atoms with van der Waals surface area (Å²) < 4.78 is 0. The summed E-state index contributed by atoms with van der Waals surface area (Å²) in [5.41, 5.74) is 4.81. The lowest BCUT2D eigenvalue weighted by Gasteiger charge is -2.12. The van der Waals surface area contributed by atoms with E-state index in [0.717, 1.165) is 27.7 Å². The van der Waals surface area contributed by atoms with Gasteiger partial charge in [-0.25, -0.2) is 0 Å². The van der Waals surface area contributed by atoms with Crippen LogP contribution in [0.15, 0.2) is 36.4 Å². The lowest BCUT2D eigenvalue weighted by atomic mass is 10.0. The van der Waals surface area contributed by atoms with Crippen molar-refractivity contribution >= 4 is 58.1 Å². The van der Waals surface area contributed by atoms with Crippen LogP contribution in [0.5, 0.6) is 0 Å². The molecule has 2 aromatic carbocycles. The molecule has 25 heavy (non-hydrogen) atoms. The van der Waals surface area contributed by atoms with Gasteiger partial charge < -0.3 is 5.32 Å². The number of carbonyl (C=O) groups is 1. The number of rotatable bonds is 2. The van der Waals surface area contributed by atoms with E-state index in [0.29, 0.717) is 21.3 Å². The Hall–Kier alpha value is -1.81. The highest BCUT2D eigenvalue weighted by atomic mass is 35.5. The average Bonchev–Trinajstić information content (AvgIpc) is 2.52. The number of aromatic nitrogens is 1. The van der Waals surface area contributed by atoms with Gasteiger partial charge in [0.1, 0.15) is 0 Å². The molecular weight excluding hydrogens is 379 g/mol. The monoisotopic (exact) mass is 394 g/mol. The first-order chi connectivity index (χ1) is 11.4. The van der Waals surface area contributed by atoms with Gasteiger partial charge in [0.25, 0.3) is 5.91 Å². The number of aryl methyl sites for hydroxylation is 3. The molecule has 0 unspecified atom stereocenters. The molecule has 130 valence electrons. The molecule has 0 bridgehead atoms. The second-order valence-corrected chi connectivity index (χ2v) is 6.63. The van der Waals surface area contributed by atoms with Gasteiger partial charge in [0.15, 0.2) is 0 Å². The SMILES string of the molecule is Cc1cc(C)c2nc(C)cc(C(=O)Nc3cccc(Cl)c3Cl)c2c1.Cl. The Bertz CT molecular complexity index is 971. The van der Waals surface area contributed by atoms with Crippen molar-refractivity contribution in [3.05, 3.63) is 68.8 Å². The van der Waals surface area contributed by atoms with Crippen molar-refractivity contribution in [2.75, 3.05) is 5.32 Å². The van der Waals surface area contributed by atoms with Gasteiger partial charge in [0.05, 0.1) is 26.8 Å². The Balaban J connectivity index is 0.00000225. The second-order valence-electron chi connectivity index (χ2n) is 5.84. The van der Waals surface area contributed by atoms with E-state index in [1.165, 1.54) is 0 Å². The van der Waals surface area contributed by atoms with E-state index in [1.54, 1.807) is 24.3 Å². The van der Waals surface area contributed by atoms with E-state index in [1.807, 2.05) is 26.8 Å². The van der Waals surface area contributed by atoms with Crippen molar-refractivity contribution in [1.29, 1.82) is 0 Å². The largest absolute Gasteiger partial charge is 0.321 e. The van der Waals surface area contributed by atoms with E-state index >= 15 is 0 Å². The molecule has 1 heterocycles. The van der Waals surface area contributed by atoms with Crippen LogP contribution in [-0.4, -0.2) is 10.9 Å². The summed E-state index contributed by atoms with van der Waals surface area (Å²) in [5, 5.41) is 4.40. The Labute approximate surface area is 162 Å². The molecule has 1 aromatic heterocycles. The normalized spacial score (nSPS) is 10.4. The molecule has 0 saturated heterocycles. The minimum atomic E-state index is -0.236. The van der Waals surface area contributed by atoms with Crippen molar-refractivity contribution in [2.24, 2.45) is 0 Å². The number of fused-ring (bicyclic) bond motifs is 1. The lowest BCUT2D eigenvalue weighted by molar-refractivity contribution is 0.102. The predicted octanol–water partition coefficient (Wildman–Crippen LogP) is 6.14. The van der Waals surface area contributed by atoms with Crippen LogP contribution in [0.2, 0.25) is 10.0 Å². The summed E-state index contributed by atoms with van der Waals surface area (Å²) in [6, 6.07) is 11.0. The number of halogens is 3. The zero-order chi connectivity index (χ0) is 17.4. The van der Waals surface area contributed by atoms with Gasteiger partial charge in [-0.1, -0.05) is 40.9 Å². The highest BCUT2D eigenvalue weighted by Gasteiger charge is 2.15. The Kier molecular flexibility index (Phi) is 5.94. The number of hydrogen-bond donors (Lipinski definition) is 1. The summed E-state index contributed by atoms with van der Waals surface area (Å²) in [5.74, 6) is -0.236. The van der Waals surface area contributed by atoms with Gasteiger partial charge in [-0.2, -0.15) is 0 Å². The van der Waals surface area contributed by atoms with Crippen molar-refractivity contribution in [1.82, 2.24) is 4.98 Å². The average molecular weight is 396 g/mol. The van der Waals surface area contributed by atoms with Gasteiger partial charge in [0, 0.05) is 11.1 Å². The number of hydrogen-bond acceptors (Lipinski definition) is 2. The molecule has 0 fully saturated rings. The summed E-state index contributed by atoms with van der Waals surface area (Å²) in [6.07, 6.45) is 0. The third kappa shape index (κ3) is 3.90. The molecule has 0 aliphatic heterocycles. The molecule has 0 aliphatic rings. The smallest absolute Gasteiger partial charge is 0.256 e. The highest BCUT2D eigenvalue weighted by molar-refractivity contribution is 6.44. The van der Waals surface area contributed by atoms with Crippen LogP contribution >= 0.6 is 35.6 Å². The van der Waals surface area contributed by atoms with Gasteiger partial charge in [-0.15, -0.1) is 12.4 Å². The third-order valence-corrected chi connectivity index (χ3v) is 4.64. The first-order valence-electron chi connectivity index (χ1n) is 7.51. The van der Waals surface area contributed by atoms with Gasteiger partial charge >= 0.3 is 0 Å². The maximum Gasteiger partial charge on any atom is 0.256 e. The Morgan fingerprint density at radius 2 is 1.80 bits per heavy atom. The van der Waals surface area contributed by atoms with Crippen LogP contribution in [-0.2, 0) is 0 Å². The molecule has 1 N–H and O–H groups in total. The van der Waals surface area contributed by atoms with Crippen LogP contribution in [0.25, 0.3) is 10.9 Å². The van der Waals surface area contributed by atoms with E-state index in [-0.39, 0.29) is 18.3 Å². The number of pyridine rings is 1. The topological polar surface area (TPSA) is 42.0 Å². The molecule has 0 saturated carbocycles. The molecule has 6 heteroatoms. The van der Waals surface area contributed by atoms with Crippen molar-refractivity contribution in [3.8, 4) is 0 Å². The van der Waals surface area contributed by atoms with Crippen molar-refractivity contribution < 1.29 is 4.79 Å². The highest BCUT2D eigenvalue weighted by Crippen LogP contribution is 2.31. The number of carbonyl (C=O) groups excluding carboxylic acids is 1. The standard InChI is InChI=1S/C19H16Cl2N2O.ClH/c1-10-7-11(2)18-13(8-10)14(9-12(3)22-18)19(24)23-16-6-4-5-15(20)17(16)21;/h4-9H,1-3H3,(H,23,24);1H. The molecule has 3 aromatic rings. The number of nitrogens with zero attached hydrogens (tertiary/aromatic N) is 1. The quantitative estimate of drug-likeness (QED) is 0.566. The van der Waals surface area contributed by atoms with Crippen LogP contribution in [0.4, 0.5) is 5.69 Å². The number of benzene rings is 2. The fraction of sp³-hybridized carbons (Fsp3) is 0.158. The fourth-order valence-electron chi connectivity index (χ4n) is 2.79. The molecular formula is C19H17Cl3N2O. The molecule has 3 nitrogen and oxygen atoms in total. The fourth-order valence-corrected chi connectivity index (χ4v) is 3.13. The third-order valence-electron chi connectivity index (χ3n) is 3.82. The van der Waals surface area contributed by atoms with E-state index in [9.17, 15) is 4.79 Å². The predicted molar refractivity (Wildman–Crippen MR) is 108 cm³/mol. The molecule has 0 radical (unpaired) electrons. The van der Waals surface area contributed by atoms with Crippen LogP contribution < -0.4 is 5.32 Å². The zero-order valence-corrected chi connectivity index (χ0v) is 16.3. The Morgan fingerprint density at radius 3 is 2.52 bits per heavy atom. The molecule has 0 atom stereocenters. The lowest BCUT2D eigenvalue weighted by Crippen LogP contribution is -2.14. The first-order valence-corrected chi connectivity index (χ1v) is 8.26. The molecule has 0 spiro atoms. The minimum Gasteiger partial charge on any atom is -0.321 e. The summed E-state index contributed by atoms with van der Waals surface area (Å²) in [4.78, 5) is 17.4. The van der Waals surface area contributed by atoms with Gasteiger partial charge in [0.2, 0.25) is 0 Å². The number of amides is 1. The summed E-state index contributed by atoms with van der Waals surface area (Å²) in [7, 11) is 0. The second kappa shape index (κ2) is 7.61. The van der Waals surface area contributed by atoms with Gasteiger partial charge in [-0.05, 0) is 50.6 Å². The molecule has 3 rings (SSSR count). The van der Waals surface area contributed by atoms with Crippen LogP contribution in [0.1, 0.15) is 27.2 Å². The first kappa shape index (κ1) is 19.5. The van der Waals surface area contributed by atoms with E-state index < -0.39 is 0 Å². The summed E-state index contributed by atoms with van der Waals surface area (Å²) in [6.45, 7) is 5.88. The number of anilines is 1. The van der Waals surface area contributed by atoms with Gasteiger partial charge in [-0.3, -0.25) is 9.78 Å². The van der Waals surface area contributed by atoms with E-state index in [4.69, 9.17) is 23.2 Å². The maximum atomic E-state index is 12.8. The van der Waals surface area contributed by atoms with E-state index in [2.05, 4.69) is 16.4 Å². The van der Waals surface area contributed by atoms with Crippen LogP contribution in [0.3, 0.4) is 0 Å².